The van der Waals surface area contributed by atoms with Gasteiger partial charge in [-0.3, -0.25) is 0 Å². The lowest BCUT2D eigenvalue weighted by molar-refractivity contribution is 0.666. The van der Waals surface area contributed by atoms with Gasteiger partial charge in [-0.2, -0.15) is 0 Å². The highest BCUT2D eigenvalue weighted by molar-refractivity contribution is 6.12. The molecular formula is C58H33N3O2. The summed E-state index contributed by atoms with van der Waals surface area (Å²) in [6.45, 7) is 0. The van der Waals surface area contributed by atoms with Crippen LogP contribution in [0.4, 0.5) is 0 Å². The van der Waals surface area contributed by atoms with Crippen LogP contribution in [0.15, 0.2) is 209 Å². The molecule has 0 aliphatic heterocycles. The lowest BCUT2D eigenvalue weighted by Crippen LogP contribution is -2.25. The maximum absolute atomic E-state index is 6.74. The van der Waals surface area contributed by atoms with E-state index in [2.05, 4.69) is 140 Å². The topological polar surface area (TPSA) is 65.0 Å². The summed E-state index contributed by atoms with van der Waals surface area (Å²) in [5.74, 6) is 1.81. The van der Waals surface area contributed by atoms with Crippen LogP contribution in [-0.2, 0) is 5.41 Å². The molecule has 0 saturated carbocycles. The van der Waals surface area contributed by atoms with Crippen molar-refractivity contribution in [2.24, 2.45) is 0 Å². The number of hydrogen-bond acceptors (Lipinski definition) is 5. The molecule has 9 aromatic carbocycles. The molecule has 2 aliphatic carbocycles. The molecule has 3 aromatic heterocycles. The van der Waals surface area contributed by atoms with E-state index < -0.39 is 5.41 Å². The summed E-state index contributed by atoms with van der Waals surface area (Å²) in [5, 5.41) is 4.22. The number of aromatic nitrogens is 3. The number of para-hydroxylation sites is 1. The summed E-state index contributed by atoms with van der Waals surface area (Å²) < 4.78 is 13.0. The van der Waals surface area contributed by atoms with Crippen LogP contribution in [0.3, 0.4) is 0 Å². The van der Waals surface area contributed by atoms with E-state index in [0.29, 0.717) is 17.5 Å². The van der Waals surface area contributed by atoms with E-state index >= 15 is 0 Å². The standard InChI is InChI=1S/C58H33N3O2/c1-2-13-35(14-3-1)55-59-56(61-57(60-55)42-19-12-24-52-54(42)41-18-7-11-23-50(41)62-52)36-27-25-34(26-28-36)37-29-30-51-44(31-37)45-32-43-40-17-6-10-22-48(40)58(49(43)33-53(45)63-51)46-20-8-4-15-38(46)39-16-5-9-21-47(39)58/h1-33H. The van der Waals surface area contributed by atoms with Gasteiger partial charge in [0, 0.05) is 38.2 Å². The number of furan rings is 2. The Morgan fingerprint density at radius 2 is 0.794 bits per heavy atom. The third-order valence-corrected chi connectivity index (χ3v) is 13.4. The minimum Gasteiger partial charge on any atom is -0.456 e. The van der Waals surface area contributed by atoms with E-state index in [1.165, 1.54) is 44.5 Å². The number of nitrogens with zero attached hydrogens (tertiary/aromatic N) is 3. The highest BCUT2D eigenvalue weighted by atomic mass is 16.3. The van der Waals surface area contributed by atoms with Crippen LogP contribution >= 0.6 is 0 Å². The summed E-state index contributed by atoms with van der Waals surface area (Å²) in [4.78, 5) is 15.2. The molecule has 0 amide bonds. The van der Waals surface area contributed by atoms with Crippen molar-refractivity contribution in [1.29, 1.82) is 0 Å². The molecule has 1 spiro atoms. The average molecular weight is 804 g/mol. The molecule has 63 heavy (non-hydrogen) atoms. The number of rotatable bonds is 4. The molecule has 5 heteroatoms. The van der Waals surface area contributed by atoms with E-state index in [9.17, 15) is 0 Å². The van der Waals surface area contributed by atoms with Gasteiger partial charge in [-0.15, -0.1) is 0 Å². The second-order valence-electron chi connectivity index (χ2n) is 16.6. The van der Waals surface area contributed by atoms with Crippen molar-refractivity contribution in [3.05, 3.63) is 222 Å². The zero-order chi connectivity index (χ0) is 41.2. The second-order valence-corrected chi connectivity index (χ2v) is 16.6. The monoisotopic (exact) mass is 803 g/mol. The third-order valence-electron chi connectivity index (χ3n) is 13.4. The van der Waals surface area contributed by atoms with Crippen molar-refractivity contribution in [2.75, 3.05) is 0 Å². The summed E-state index contributed by atoms with van der Waals surface area (Å²) in [7, 11) is 0. The predicted octanol–water partition coefficient (Wildman–Crippen LogP) is 14.7. The van der Waals surface area contributed by atoms with Crippen LogP contribution in [-0.4, -0.2) is 15.0 Å². The molecule has 0 unspecified atom stereocenters. The fourth-order valence-electron chi connectivity index (χ4n) is 10.7. The van der Waals surface area contributed by atoms with Gasteiger partial charge in [0.2, 0.25) is 0 Å². The molecule has 0 atom stereocenters. The molecule has 2 aliphatic rings. The summed E-state index contributed by atoms with van der Waals surface area (Å²) in [6.07, 6.45) is 0. The Bertz CT molecular complexity index is 3820. The first kappa shape index (κ1) is 34.3. The molecule has 14 rings (SSSR count). The quantitative estimate of drug-likeness (QED) is 0.177. The SMILES string of the molecule is c1ccc(-c2nc(-c3ccc(-c4ccc5oc6cc7c(cc6c5c4)-c4ccccc4C74c5ccccc5-c5ccccc54)cc3)nc(-c3cccc4oc5ccccc5c34)n2)cc1. The smallest absolute Gasteiger partial charge is 0.164 e. The Balaban J connectivity index is 0.885. The Kier molecular flexibility index (Phi) is 6.97. The predicted molar refractivity (Wildman–Crippen MR) is 252 cm³/mol. The third kappa shape index (κ3) is 4.79. The van der Waals surface area contributed by atoms with E-state index in [1.807, 2.05) is 60.7 Å². The zero-order valence-corrected chi connectivity index (χ0v) is 33.7. The van der Waals surface area contributed by atoms with Gasteiger partial charge in [0.05, 0.1) is 5.41 Å². The average Bonchev–Trinajstić information content (AvgIpc) is 4.08. The maximum atomic E-state index is 6.74. The van der Waals surface area contributed by atoms with Crippen LogP contribution in [0.1, 0.15) is 22.3 Å². The van der Waals surface area contributed by atoms with Gasteiger partial charge in [-0.1, -0.05) is 164 Å². The highest BCUT2D eigenvalue weighted by Gasteiger charge is 2.51. The zero-order valence-electron chi connectivity index (χ0n) is 33.7. The summed E-state index contributed by atoms with van der Waals surface area (Å²) in [5.41, 5.74) is 18.3. The number of fused-ring (bicyclic) bond motifs is 16. The summed E-state index contributed by atoms with van der Waals surface area (Å²) in [6, 6.07) is 70.8. The van der Waals surface area contributed by atoms with Crippen LogP contribution in [0.2, 0.25) is 0 Å². The van der Waals surface area contributed by atoms with Crippen LogP contribution < -0.4 is 0 Å². The largest absolute Gasteiger partial charge is 0.456 e. The lowest BCUT2D eigenvalue weighted by atomic mass is 9.70. The van der Waals surface area contributed by atoms with Crippen molar-refractivity contribution < 1.29 is 8.83 Å². The van der Waals surface area contributed by atoms with E-state index in [0.717, 1.165) is 71.7 Å². The lowest BCUT2D eigenvalue weighted by Gasteiger charge is -2.30. The first-order valence-electron chi connectivity index (χ1n) is 21.3. The van der Waals surface area contributed by atoms with Crippen LogP contribution in [0.5, 0.6) is 0 Å². The fourth-order valence-corrected chi connectivity index (χ4v) is 10.7. The number of benzene rings is 9. The van der Waals surface area contributed by atoms with Gasteiger partial charge in [0.25, 0.3) is 0 Å². The van der Waals surface area contributed by atoms with E-state index in [-0.39, 0.29) is 0 Å². The van der Waals surface area contributed by atoms with Gasteiger partial charge in [0.15, 0.2) is 17.5 Å². The minimum absolute atomic E-state index is 0.415. The molecular weight excluding hydrogens is 771 g/mol. The Morgan fingerprint density at radius 3 is 1.52 bits per heavy atom. The van der Waals surface area contributed by atoms with Crippen molar-refractivity contribution in [3.63, 3.8) is 0 Å². The second kappa shape index (κ2) is 12.8. The van der Waals surface area contributed by atoms with Gasteiger partial charge >= 0.3 is 0 Å². The fraction of sp³-hybridized carbons (Fsp3) is 0.0172. The molecule has 0 N–H and O–H groups in total. The molecule has 0 fully saturated rings. The molecule has 0 bridgehead atoms. The Hall–Kier alpha value is -8.41. The van der Waals surface area contributed by atoms with Gasteiger partial charge in [-0.25, -0.2) is 15.0 Å². The van der Waals surface area contributed by atoms with Gasteiger partial charge in [0.1, 0.15) is 22.3 Å². The maximum Gasteiger partial charge on any atom is 0.164 e. The Morgan fingerprint density at radius 1 is 0.286 bits per heavy atom. The van der Waals surface area contributed by atoms with Gasteiger partial charge in [-0.05, 0) is 92.0 Å². The molecule has 292 valence electrons. The van der Waals surface area contributed by atoms with Crippen LogP contribution in [0.25, 0.3) is 111 Å². The first-order valence-corrected chi connectivity index (χ1v) is 21.3. The van der Waals surface area contributed by atoms with Crippen molar-refractivity contribution in [3.8, 4) is 67.5 Å². The van der Waals surface area contributed by atoms with Crippen LogP contribution in [0, 0.1) is 0 Å². The minimum atomic E-state index is -0.415. The van der Waals surface area contributed by atoms with E-state index in [1.54, 1.807) is 0 Å². The van der Waals surface area contributed by atoms with Crippen molar-refractivity contribution in [2.45, 2.75) is 5.41 Å². The van der Waals surface area contributed by atoms with Crippen molar-refractivity contribution in [1.82, 2.24) is 15.0 Å². The number of hydrogen-bond donors (Lipinski definition) is 0. The molecule has 12 aromatic rings. The molecule has 0 saturated heterocycles. The molecule has 5 nitrogen and oxygen atoms in total. The molecule has 3 heterocycles. The van der Waals surface area contributed by atoms with Crippen molar-refractivity contribution >= 4 is 43.9 Å². The normalized spacial score (nSPS) is 13.2. The van der Waals surface area contributed by atoms with E-state index in [4.69, 9.17) is 23.8 Å². The van der Waals surface area contributed by atoms with Gasteiger partial charge < -0.3 is 8.83 Å². The first-order chi connectivity index (χ1) is 31.2. The molecule has 0 radical (unpaired) electrons. The highest BCUT2D eigenvalue weighted by Crippen LogP contribution is 2.63. The Labute approximate surface area is 361 Å². The summed E-state index contributed by atoms with van der Waals surface area (Å²) >= 11 is 0.